The molecule has 0 amide bonds. The Morgan fingerprint density at radius 1 is 1.06 bits per heavy atom. The van der Waals surface area contributed by atoms with E-state index < -0.39 is 0 Å². The van der Waals surface area contributed by atoms with Crippen LogP contribution in [0.1, 0.15) is 58.8 Å². The summed E-state index contributed by atoms with van der Waals surface area (Å²) in [6, 6.07) is 0. The van der Waals surface area contributed by atoms with Gasteiger partial charge in [-0.1, -0.05) is 39.5 Å². The van der Waals surface area contributed by atoms with Crippen LogP contribution in [0.3, 0.4) is 0 Å². The molecule has 0 bridgehead atoms. The van der Waals surface area contributed by atoms with Crippen LogP contribution in [0.2, 0.25) is 0 Å². The van der Waals surface area contributed by atoms with Crippen molar-refractivity contribution in [3.63, 3.8) is 0 Å². The van der Waals surface area contributed by atoms with Crippen molar-refractivity contribution in [2.45, 2.75) is 58.8 Å². The molecule has 0 saturated heterocycles. The van der Waals surface area contributed by atoms with Gasteiger partial charge >= 0.3 is 0 Å². The molecule has 0 aromatic carbocycles. The summed E-state index contributed by atoms with van der Waals surface area (Å²) in [4.78, 5) is 2.50. The molecular weight excluding hydrogens is 196 g/mol. The molecule has 2 heteroatoms. The zero-order valence-electron chi connectivity index (χ0n) is 11.7. The Morgan fingerprint density at radius 2 is 1.81 bits per heavy atom. The van der Waals surface area contributed by atoms with Crippen molar-refractivity contribution in [1.82, 2.24) is 4.90 Å². The summed E-state index contributed by atoms with van der Waals surface area (Å²) < 4.78 is 0. The normalized spacial score (nSPS) is 13.3. The van der Waals surface area contributed by atoms with Gasteiger partial charge < -0.3 is 10.6 Å². The molecule has 0 rings (SSSR count). The van der Waals surface area contributed by atoms with Crippen LogP contribution in [0.15, 0.2) is 0 Å². The van der Waals surface area contributed by atoms with Crippen LogP contribution in [-0.2, 0) is 0 Å². The lowest BCUT2D eigenvalue weighted by Crippen LogP contribution is -2.26. The standard InChI is InChI=1S/C14H32N2/c1-4-6-10-14(5-2)13-16(3)12-9-7-8-11-15/h14H,4-13,15H2,1-3H3. The van der Waals surface area contributed by atoms with Crippen LogP contribution >= 0.6 is 0 Å². The zero-order chi connectivity index (χ0) is 12.2. The molecular formula is C14H32N2. The average molecular weight is 228 g/mol. The number of hydrogen-bond acceptors (Lipinski definition) is 2. The molecule has 0 aliphatic rings. The number of nitrogens with zero attached hydrogens (tertiary/aromatic N) is 1. The molecule has 0 spiro atoms. The minimum absolute atomic E-state index is 0.845. The Labute approximate surface area is 103 Å². The molecule has 0 aromatic heterocycles. The van der Waals surface area contributed by atoms with Gasteiger partial charge in [-0.05, 0) is 45.3 Å². The van der Waals surface area contributed by atoms with Crippen molar-refractivity contribution in [3.8, 4) is 0 Å². The van der Waals surface area contributed by atoms with Crippen LogP contribution in [0.4, 0.5) is 0 Å². The summed E-state index contributed by atoms with van der Waals surface area (Å²) in [6.45, 7) is 7.96. The van der Waals surface area contributed by atoms with E-state index >= 15 is 0 Å². The topological polar surface area (TPSA) is 29.3 Å². The van der Waals surface area contributed by atoms with Gasteiger partial charge in [-0.2, -0.15) is 0 Å². The summed E-state index contributed by atoms with van der Waals surface area (Å²) in [5.41, 5.74) is 5.49. The minimum Gasteiger partial charge on any atom is -0.330 e. The van der Waals surface area contributed by atoms with Crippen molar-refractivity contribution >= 4 is 0 Å². The Balaban J connectivity index is 3.53. The maximum absolute atomic E-state index is 5.49. The fourth-order valence-electron chi connectivity index (χ4n) is 2.15. The van der Waals surface area contributed by atoms with Crippen molar-refractivity contribution in [3.05, 3.63) is 0 Å². The van der Waals surface area contributed by atoms with Crippen molar-refractivity contribution in [2.24, 2.45) is 11.7 Å². The van der Waals surface area contributed by atoms with Crippen molar-refractivity contribution < 1.29 is 0 Å². The van der Waals surface area contributed by atoms with Crippen LogP contribution in [0.25, 0.3) is 0 Å². The second-order valence-corrected chi connectivity index (χ2v) is 5.03. The first kappa shape index (κ1) is 15.9. The van der Waals surface area contributed by atoms with Gasteiger partial charge in [-0.25, -0.2) is 0 Å². The quantitative estimate of drug-likeness (QED) is 0.550. The van der Waals surface area contributed by atoms with E-state index in [4.69, 9.17) is 5.73 Å². The van der Waals surface area contributed by atoms with Gasteiger partial charge in [0.1, 0.15) is 0 Å². The monoisotopic (exact) mass is 228 g/mol. The summed E-state index contributed by atoms with van der Waals surface area (Å²) in [5.74, 6) is 0.902. The molecule has 0 fully saturated rings. The first-order valence-corrected chi connectivity index (χ1v) is 7.13. The predicted octanol–water partition coefficient (Wildman–Crippen LogP) is 3.26. The lowest BCUT2D eigenvalue weighted by atomic mass is 9.99. The third kappa shape index (κ3) is 9.17. The zero-order valence-corrected chi connectivity index (χ0v) is 11.7. The summed E-state index contributed by atoms with van der Waals surface area (Å²) in [7, 11) is 2.26. The fraction of sp³-hybridized carbons (Fsp3) is 1.00. The van der Waals surface area contributed by atoms with Gasteiger partial charge in [0.05, 0.1) is 0 Å². The Bertz CT molecular complexity index is 137. The van der Waals surface area contributed by atoms with Crippen LogP contribution < -0.4 is 5.73 Å². The number of hydrogen-bond donors (Lipinski definition) is 1. The van der Waals surface area contributed by atoms with Gasteiger partial charge in [0.25, 0.3) is 0 Å². The highest BCUT2D eigenvalue weighted by Crippen LogP contribution is 2.13. The van der Waals surface area contributed by atoms with Gasteiger partial charge in [0, 0.05) is 6.54 Å². The molecule has 0 radical (unpaired) electrons. The van der Waals surface area contributed by atoms with E-state index in [1.165, 1.54) is 58.0 Å². The van der Waals surface area contributed by atoms with E-state index in [0.29, 0.717) is 0 Å². The maximum atomic E-state index is 5.49. The third-order valence-electron chi connectivity index (χ3n) is 3.36. The number of nitrogens with two attached hydrogens (primary N) is 1. The van der Waals surface area contributed by atoms with E-state index in [1.807, 2.05) is 0 Å². The van der Waals surface area contributed by atoms with E-state index in [0.717, 1.165) is 12.5 Å². The van der Waals surface area contributed by atoms with Crippen molar-refractivity contribution in [1.29, 1.82) is 0 Å². The average Bonchev–Trinajstić information content (AvgIpc) is 2.30. The summed E-state index contributed by atoms with van der Waals surface area (Å²) in [5, 5.41) is 0. The molecule has 0 aromatic rings. The Hall–Kier alpha value is -0.0800. The molecule has 1 unspecified atom stereocenters. The first-order valence-electron chi connectivity index (χ1n) is 7.13. The van der Waals surface area contributed by atoms with Crippen LogP contribution in [-0.4, -0.2) is 31.6 Å². The van der Waals surface area contributed by atoms with E-state index in [-0.39, 0.29) is 0 Å². The number of rotatable bonds is 11. The SMILES string of the molecule is CCCCC(CC)CN(C)CCCCCN. The second-order valence-electron chi connectivity index (χ2n) is 5.03. The molecule has 0 aliphatic carbocycles. The highest BCUT2D eigenvalue weighted by Gasteiger charge is 2.08. The van der Waals surface area contributed by atoms with E-state index in [1.54, 1.807) is 0 Å². The molecule has 16 heavy (non-hydrogen) atoms. The summed E-state index contributed by atoms with van der Waals surface area (Å²) >= 11 is 0. The third-order valence-corrected chi connectivity index (χ3v) is 3.36. The smallest absolute Gasteiger partial charge is 0.000650 e. The minimum atomic E-state index is 0.845. The van der Waals surface area contributed by atoms with E-state index in [2.05, 4.69) is 25.8 Å². The highest BCUT2D eigenvalue weighted by atomic mass is 15.1. The van der Waals surface area contributed by atoms with E-state index in [9.17, 15) is 0 Å². The Kier molecular flexibility index (Phi) is 11.3. The fourth-order valence-corrected chi connectivity index (χ4v) is 2.15. The van der Waals surface area contributed by atoms with Gasteiger partial charge in [0.2, 0.25) is 0 Å². The lowest BCUT2D eigenvalue weighted by Gasteiger charge is -2.23. The van der Waals surface area contributed by atoms with Gasteiger partial charge in [0.15, 0.2) is 0 Å². The molecule has 0 aliphatic heterocycles. The van der Waals surface area contributed by atoms with Crippen LogP contribution in [0.5, 0.6) is 0 Å². The van der Waals surface area contributed by atoms with Gasteiger partial charge in [-0.15, -0.1) is 0 Å². The maximum Gasteiger partial charge on any atom is 0.000650 e. The van der Waals surface area contributed by atoms with Crippen LogP contribution in [0, 0.1) is 5.92 Å². The molecule has 98 valence electrons. The highest BCUT2D eigenvalue weighted by molar-refractivity contribution is 4.62. The molecule has 1 atom stereocenters. The second kappa shape index (κ2) is 11.4. The first-order chi connectivity index (χ1) is 7.74. The molecule has 2 N–H and O–H groups in total. The van der Waals surface area contributed by atoms with Gasteiger partial charge in [-0.3, -0.25) is 0 Å². The lowest BCUT2D eigenvalue weighted by molar-refractivity contribution is 0.255. The molecule has 0 heterocycles. The Morgan fingerprint density at radius 3 is 2.38 bits per heavy atom. The predicted molar refractivity (Wildman–Crippen MR) is 73.7 cm³/mol. The largest absolute Gasteiger partial charge is 0.330 e. The molecule has 2 nitrogen and oxygen atoms in total. The molecule has 0 saturated carbocycles. The number of unbranched alkanes of at least 4 members (excludes halogenated alkanes) is 3. The van der Waals surface area contributed by atoms with Crippen molar-refractivity contribution in [2.75, 3.05) is 26.7 Å². The summed E-state index contributed by atoms with van der Waals surface area (Å²) in [6.07, 6.45) is 9.22.